The van der Waals surface area contributed by atoms with Gasteiger partial charge in [-0.3, -0.25) is 4.79 Å². The molecule has 2 N–H and O–H groups in total. The van der Waals surface area contributed by atoms with Crippen LogP contribution in [-0.4, -0.2) is 35.9 Å². The zero-order valence-corrected chi connectivity index (χ0v) is 21.0. The molecular formula is C30H35NO4. The number of fused-ring (bicyclic) bond motifs is 4. The summed E-state index contributed by atoms with van der Waals surface area (Å²) in [6.45, 7) is 10.1. The molecule has 2 aliphatic rings. The van der Waals surface area contributed by atoms with E-state index in [9.17, 15) is 9.90 Å². The lowest BCUT2D eigenvalue weighted by Gasteiger charge is -2.27. The van der Waals surface area contributed by atoms with E-state index in [1.807, 2.05) is 19.9 Å². The molecule has 1 aliphatic heterocycles. The lowest BCUT2D eigenvalue weighted by molar-refractivity contribution is -0.139. The van der Waals surface area contributed by atoms with E-state index in [-0.39, 0.29) is 23.7 Å². The number of nitrogens with one attached hydrogen (secondary N) is 1. The fourth-order valence-electron chi connectivity index (χ4n) is 5.55. The summed E-state index contributed by atoms with van der Waals surface area (Å²) < 4.78 is 12.2. The summed E-state index contributed by atoms with van der Waals surface area (Å²) in [4.78, 5) is 11.5. The second-order valence-corrected chi connectivity index (χ2v) is 10.7. The summed E-state index contributed by atoms with van der Waals surface area (Å²) in [7, 11) is 0. The average molecular weight is 474 g/mol. The van der Waals surface area contributed by atoms with Crippen LogP contribution in [0.2, 0.25) is 0 Å². The molecular weight excluding hydrogens is 438 g/mol. The van der Waals surface area contributed by atoms with Crippen LogP contribution in [0.5, 0.6) is 5.75 Å². The number of carboxylic acid groups (broad SMARTS) is 1. The highest BCUT2D eigenvalue weighted by Gasteiger charge is 2.64. The molecule has 0 radical (unpaired) electrons. The fraction of sp³-hybridized carbons (Fsp3) is 0.433. The van der Waals surface area contributed by atoms with Gasteiger partial charge in [-0.1, -0.05) is 54.6 Å². The van der Waals surface area contributed by atoms with Gasteiger partial charge in [-0.05, 0) is 74.5 Å². The number of aryl methyl sites for hydroxylation is 1. The first kappa shape index (κ1) is 23.8. The summed E-state index contributed by atoms with van der Waals surface area (Å²) in [6.07, 6.45) is 1.54. The van der Waals surface area contributed by atoms with Crippen LogP contribution in [0.15, 0.2) is 54.6 Å². The summed E-state index contributed by atoms with van der Waals surface area (Å²) in [5, 5.41) is 15.7. The minimum absolute atomic E-state index is 0.0178. The summed E-state index contributed by atoms with van der Waals surface area (Å²) in [6, 6.07) is 19.3. The van der Waals surface area contributed by atoms with Crippen LogP contribution in [-0.2, 0) is 16.0 Å². The van der Waals surface area contributed by atoms with Gasteiger partial charge in [0.25, 0.3) is 0 Å². The second-order valence-electron chi connectivity index (χ2n) is 10.7. The Balaban J connectivity index is 1.12. The number of carbonyl (C=O) groups is 1. The Hall–Kier alpha value is -2.89. The Kier molecular flexibility index (Phi) is 6.32. The highest BCUT2D eigenvalue weighted by atomic mass is 16.5. The Morgan fingerprint density at radius 1 is 1.14 bits per heavy atom. The third-order valence-corrected chi connectivity index (χ3v) is 7.44. The largest absolute Gasteiger partial charge is 0.488 e. The second kappa shape index (κ2) is 9.29. The van der Waals surface area contributed by atoms with Gasteiger partial charge in [0.15, 0.2) is 0 Å². The number of benzene rings is 3. The van der Waals surface area contributed by atoms with Crippen molar-refractivity contribution in [1.82, 2.24) is 5.32 Å². The molecule has 3 aromatic carbocycles. The van der Waals surface area contributed by atoms with Gasteiger partial charge in [-0.15, -0.1) is 0 Å². The quantitative estimate of drug-likeness (QED) is 0.365. The normalized spacial score (nSPS) is 21.3. The van der Waals surface area contributed by atoms with Crippen molar-refractivity contribution in [2.45, 2.75) is 64.2 Å². The van der Waals surface area contributed by atoms with Crippen LogP contribution in [0.25, 0.3) is 10.8 Å². The van der Waals surface area contributed by atoms with Gasteiger partial charge >= 0.3 is 5.97 Å². The van der Waals surface area contributed by atoms with Gasteiger partial charge in [-0.2, -0.15) is 0 Å². The lowest BCUT2D eigenvalue weighted by atomic mass is 9.93. The number of ether oxygens (including phenoxy) is 2. The summed E-state index contributed by atoms with van der Waals surface area (Å²) in [5.74, 6) is -0.378. The van der Waals surface area contributed by atoms with E-state index in [1.165, 1.54) is 16.3 Å². The molecule has 0 spiro atoms. The van der Waals surface area contributed by atoms with Crippen molar-refractivity contribution in [3.05, 3.63) is 76.9 Å². The molecule has 1 saturated carbocycles. The van der Waals surface area contributed by atoms with Gasteiger partial charge in [0, 0.05) is 23.6 Å². The monoisotopic (exact) mass is 473 g/mol. The number of hydrogen-bond donors (Lipinski definition) is 2. The minimum Gasteiger partial charge on any atom is -0.488 e. The van der Waals surface area contributed by atoms with Gasteiger partial charge in [0.05, 0.1) is 6.10 Å². The van der Waals surface area contributed by atoms with Crippen molar-refractivity contribution in [2.75, 3.05) is 13.2 Å². The Morgan fingerprint density at radius 2 is 1.91 bits per heavy atom. The zero-order valence-electron chi connectivity index (χ0n) is 21.0. The van der Waals surface area contributed by atoms with E-state index in [0.717, 1.165) is 41.8 Å². The van der Waals surface area contributed by atoms with Crippen molar-refractivity contribution >= 4 is 16.7 Å². The molecule has 184 valence electrons. The highest BCUT2D eigenvalue weighted by Crippen LogP contribution is 2.61. The molecule has 5 rings (SSSR count). The Morgan fingerprint density at radius 3 is 2.69 bits per heavy atom. The Bertz CT molecular complexity index is 1250. The summed E-state index contributed by atoms with van der Waals surface area (Å²) in [5.41, 5.74) is 4.48. The topological polar surface area (TPSA) is 67.8 Å². The molecule has 3 aromatic rings. The summed E-state index contributed by atoms with van der Waals surface area (Å²) >= 11 is 0. The van der Waals surface area contributed by atoms with E-state index < -0.39 is 11.9 Å². The van der Waals surface area contributed by atoms with Crippen molar-refractivity contribution in [3.8, 4) is 5.75 Å². The van der Waals surface area contributed by atoms with E-state index in [4.69, 9.17) is 9.47 Å². The number of aliphatic carboxylic acids is 1. The van der Waals surface area contributed by atoms with Crippen molar-refractivity contribution < 1.29 is 19.4 Å². The number of carboxylic acids is 1. The first-order chi connectivity index (χ1) is 16.7. The molecule has 5 nitrogen and oxygen atoms in total. The van der Waals surface area contributed by atoms with Crippen LogP contribution in [0.4, 0.5) is 0 Å². The first-order valence-corrected chi connectivity index (χ1v) is 12.6. The van der Waals surface area contributed by atoms with E-state index >= 15 is 0 Å². The minimum atomic E-state index is -0.774. The molecule has 4 atom stereocenters. The smallest absolute Gasteiger partial charge is 0.311 e. The maximum Gasteiger partial charge on any atom is 0.311 e. The van der Waals surface area contributed by atoms with E-state index in [2.05, 4.69) is 67.7 Å². The third kappa shape index (κ3) is 4.80. The van der Waals surface area contributed by atoms with Crippen molar-refractivity contribution in [3.63, 3.8) is 0 Å². The van der Waals surface area contributed by atoms with E-state index in [1.54, 1.807) is 0 Å². The lowest BCUT2D eigenvalue weighted by Crippen LogP contribution is -2.42. The van der Waals surface area contributed by atoms with Crippen LogP contribution in [0, 0.1) is 12.8 Å². The van der Waals surface area contributed by atoms with Crippen molar-refractivity contribution in [2.24, 2.45) is 5.92 Å². The molecule has 0 saturated heterocycles. The van der Waals surface area contributed by atoms with Gasteiger partial charge < -0.3 is 19.9 Å². The SMILES string of the molecule is Cc1ccc(C(C)OCCCNC(C)(C)Cc2ccc3ccccc3c2)c2c1OC1C(C(=O)O)C21. The highest BCUT2D eigenvalue weighted by molar-refractivity contribution is 5.83. The molecule has 4 unspecified atom stereocenters. The number of rotatable bonds is 10. The Labute approximate surface area is 207 Å². The maximum absolute atomic E-state index is 11.5. The molecule has 0 bridgehead atoms. The maximum atomic E-state index is 11.5. The van der Waals surface area contributed by atoms with E-state index in [0.29, 0.717) is 6.61 Å². The van der Waals surface area contributed by atoms with Gasteiger partial charge in [-0.25, -0.2) is 0 Å². The third-order valence-electron chi connectivity index (χ3n) is 7.44. The molecule has 35 heavy (non-hydrogen) atoms. The molecule has 1 heterocycles. The van der Waals surface area contributed by atoms with Crippen LogP contribution in [0.1, 0.15) is 61.5 Å². The number of hydrogen-bond acceptors (Lipinski definition) is 4. The molecule has 5 heteroatoms. The molecule has 0 aromatic heterocycles. The fourth-order valence-corrected chi connectivity index (χ4v) is 5.55. The predicted molar refractivity (Wildman–Crippen MR) is 138 cm³/mol. The predicted octanol–water partition coefficient (Wildman–Crippen LogP) is 5.79. The average Bonchev–Trinajstić information content (AvgIpc) is 3.40. The van der Waals surface area contributed by atoms with Crippen LogP contribution >= 0.6 is 0 Å². The zero-order chi connectivity index (χ0) is 24.7. The first-order valence-electron chi connectivity index (χ1n) is 12.6. The van der Waals surface area contributed by atoms with Gasteiger partial charge in [0.2, 0.25) is 0 Å². The van der Waals surface area contributed by atoms with Crippen LogP contribution in [0.3, 0.4) is 0 Å². The standard InChI is InChI=1S/C30H35NO4/c1-18-10-13-23(24-25-26(29(32)33)28(25)35-27(18)24)19(2)34-15-7-14-31-30(3,4)17-20-11-12-21-8-5-6-9-22(21)16-20/h5-6,8-13,16,19,25-26,28,31H,7,14-15,17H2,1-4H3,(H,32,33). The van der Waals surface area contributed by atoms with Crippen LogP contribution < -0.4 is 10.1 Å². The molecule has 1 aliphatic carbocycles. The van der Waals surface area contributed by atoms with Gasteiger partial charge in [0.1, 0.15) is 17.8 Å². The molecule has 1 fully saturated rings. The molecule has 0 amide bonds. The van der Waals surface area contributed by atoms with Crippen molar-refractivity contribution in [1.29, 1.82) is 0 Å².